The molecule has 0 saturated carbocycles. The zero-order chi connectivity index (χ0) is 19.4. The fourth-order valence-corrected chi connectivity index (χ4v) is 3.43. The molecule has 1 atom stereocenters. The van der Waals surface area contributed by atoms with Gasteiger partial charge >= 0.3 is 5.97 Å². The Bertz CT molecular complexity index is 962. The van der Waals surface area contributed by atoms with E-state index in [0.717, 1.165) is 6.42 Å². The van der Waals surface area contributed by atoms with Gasteiger partial charge in [0, 0.05) is 19.5 Å². The van der Waals surface area contributed by atoms with Gasteiger partial charge in [0.15, 0.2) is 0 Å². The van der Waals surface area contributed by atoms with Gasteiger partial charge in [-0.1, -0.05) is 12.1 Å². The van der Waals surface area contributed by atoms with Crippen LogP contribution in [0.3, 0.4) is 0 Å². The number of benzene rings is 1. The summed E-state index contributed by atoms with van der Waals surface area (Å²) in [7, 11) is 0. The van der Waals surface area contributed by atoms with Gasteiger partial charge in [-0.2, -0.15) is 0 Å². The summed E-state index contributed by atoms with van der Waals surface area (Å²) in [4.78, 5) is 50.7. The number of carbonyl (C=O) groups is 2. The number of nitrogens with one attached hydrogen (secondary N) is 1. The van der Waals surface area contributed by atoms with E-state index in [0.29, 0.717) is 36.9 Å². The fourth-order valence-electron chi connectivity index (χ4n) is 3.43. The third kappa shape index (κ3) is 4.10. The van der Waals surface area contributed by atoms with Gasteiger partial charge in [-0.15, -0.1) is 0 Å². The molecule has 8 heteroatoms. The highest BCUT2D eigenvalue weighted by Crippen LogP contribution is 2.18. The first-order valence-electron chi connectivity index (χ1n) is 9.17. The van der Waals surface area contributed by atoms with Crippen molar-refractivity contribution in [1.82, 2.24) is 14.7 Å². The van der Waals surface area contributed by atoms with Crippen LogP contribution >= 0.6 is 0 Å². The molecule has 1 amide bonds. The summed E-state index contributed by atoms with van der Waals surface area (Å²) < 4.78 is 6.22. The molecule has 3 rings (SSSR count). The number of hydrogen-bond donors (Lipinski definition) is 1. The maximum Gasteiger partial charge on any atom is 0.310 e. The lowest BCUT2D eigenvalue weighted by Crippen LogP contribution is -2.43. The molecule has 1 aromatic carbocycles. The predicted octanol–water partition coefficient (Wildman–Crippen LogP) is 0.882. The molecule has 0 spiro atoms. The Morgan fingerprint density at radius 3 is 2.70 bits per heavy atom. The quantitative estimate of drug-likeness (QED) is 0.784. The molecule has 1 unspecified atom stereocenters. The molecule has 1 saturated heterocycles. The Kier molecular flexibility index (Phi) is 5.73. The molecule has 2 aromatic rings. The first-order chi connectivity index (χ1) is 13.0. The predicted molar refractivity (Wildman–Crippen MR) is 99.4 cm³/mol. The second-order valence-corrected chi connectivity index (χ2v) is 6.62. The zero-order valence-corrected chi connectivity index (χ0v) is 15.3. The van der Waals surface area contributed by atoms with E-state index in [2.05, 4.69) is 5.10 Å². The maximum atomic E-state index is 12.5. The van der Waals surface area contributed by atoms with Gasteiger partial charge in [-0.05, 0) is 31.9 Å². The molecule has 1 aliphatic rings. The van der Waals surface area contributed by atoms with Gasteiger partial charge in [0.05, 0.1) is 29.8 Å². The van der Waals surface area contributed by atoms with Crippen LogP contribution in [0.2, 0.25) is 0 Å². The highest BCUT2D eigenvalue weighted by atomic mass is 16.5. The molecule has 0 bridgehead atoms. The normalized spacial score (nSPS) is 17.1. The lowest BCUT2D eigenvalue weighted by molar-refractivity contribution is -0.151. The third-order valence-corrected chi connectivity index (χ3v) is 4.83. The number of aromatic nitrogens is 2. The van der Waals surface area contributed by atoms with Crippen LogP contribution in [-0.2, 0) is 20.9 Å². The molecule has 2 heterocycles. The highest BCUT2D eigenvalue weighted by molar-refractivity contribution is 5.80. The molecule has 1 N–H and O–H groups in total. The van der Waals surface area contributed by atoms with Crippen LogP contribution in [0, 0.1) is 5.92 Å². The Hall–Kier alpha value is -2.90. The van der Waals surface area contributed by atoms with Crippen LogP contribution in [0.4, 0.5) is 0 Å². The maximum absolute atomic E-state index is 12.5. The number of aryl methyl sites for hydroxylation is 1. The molecular formula is C19H23N3O5. The molecule has 27 heavy (non-hydrogen) atoms. The minimum Gasteiger partial charge on any atom is -0.466 e. The first-order valence-corrected chi connectivity index (χ1v) is 9.17. The minimum atomic E-state index is -0.363. The molecule has 8 nitrogen and oxygen atoms in total. The second kappa shape index (κ2) is 8.20. The number of nitrogens with zero attached hydrogens (tertiary/aromatic N) is 2. The number of likely N-dealkylation sites (tertiary alicyclic amines) is 1. The molecule has 0 radical (unpaired) electrons. The van der Waals surface area contributed by atoms with Gasteiger partial charge in [0.25, 0.3) is 11.1 Å². The average molecular weight is 373 g/mol. The van der Waals surface area contributed by atoms with Gasteiger partial charge < -0.3 is 9.64 Å². The van der Waals surface area contributed by atoms with Crippen molar-refractivity contribution in [2.24, 2.45) is 5.92 Å². The smallest absolute Gasteiger partial charge is 0.310 e. The zero-order valence-electron chi connectivity index (χ0n) is 15.3. The molecule has 144 valence electrons. The fraction of sp³-hybridized carbons (Fsp3) is 0.474. The second-order valence-electron chi connectivity index (χ2n) is 6.62. The Morgan fingerprint density at radius 2 is 1.96 bits per heavy atom. The van der Waals surface area contributed by atoms with Gasteiger partial charge in [0.2, 0.25) is 5.91 Å². The van der Waals surface area contributed by atoms with Crippen molar-refractivity contribution in [3.8, 4) is 0 Å². The van der Waals surface area contributed by atoms with Crippen molar-refractivity contribution in [2.75, 3.05) is 19.7 Å². The summed E-state index contributed by atoms with van der Waals surface area (Å²) >= 11 is 0. The lowest BCUT2D eigenvalue weighted by Gasteiger charge is -2.31. The molecule has 1 aromatic heterocycles. The summed E-state index contributed by atoms with van der Waals surface area (Å²) in [5.41, 5.74) is -0.695. The van der Waals surface area contributed by atoms with Crippen LogP contribution in [0.5, 0.6) is 0 Å². The monoisotopic (exact) mass is 373 g/mol. The van der Waals surface area contributed by atoms with Crippen LogP contribution in [0.25, 0.3) is 10.8 Å². The lowest BCUT2D eigenvalue weighted by atomic mass is 9.98. The van der Waals surface area contributed by atoms with E-state index in [-0.39, 0.29) is 41.9 Å². The van der Waals surface area contributed by atoms with Crippen molar-refractivity contribution in [2.45, 2.75) is 32.7 Å². The average Bonchev–Trinajstić information content (AvgIpc) is 2.69. The van der Waals surface area contributed by atoms with Crippen molar-refractivity contribution in [3.05, 3.63) is 45.0 Å². The number of carbonyl (C=O) groups excluding carboxylic acids is 2. The largest absolute Gasteiger partial charge is 0.466 e. The Labute approximate surface area is 155 Å². The summed E-state index contributed by atoms with van der Waals surface area (Å²) in [5.74, 6) is -0.721. The number of ether oxygens (including phenoxy) is 1. The van der Waals surface area contributed by atoms with E-state index in [1.165, 1.54) is 4.68 Å². The van der Waals surface area contributed by atoms with Gasteiger partial charge in [0.1, 0.15) is 0 Å². The molecular weight excluding hydrogens is 350 g/mol. The molecule has 0 aliphatic carbocycles. The number of hydrogen-bond acceptors (Lipinski definition) is 5. The van der Waals surface area contributed by atoms with Crippen molar-refractivity contribution in [3.63, 3.8) is 0 Å². The standard InChI is InChI=1S/C19H23N3O5/c1-2-27-19(26)13-6-5-10-21(12-13)16(23)9-11-22-18(25)15-8-4-3-7-14(15)17(24)20-22/h3-4,7-8,13H,2,5-6,9-12H2,1H3,(H,20,24). The third-order valence-electron chi connectivity index (χ3n) is 4.83. The molecule has 1 aliphatic heterocycles. The number of fused-ring (bicyclic) bond motifs is 1. The van der Waals surface area contributed by atoms with Crippen LogP contribution in [0.15, 0.2) is 33.9 Å². The number of amides is 1. The van der Waals surface area contributed by atoms with Crippen LogP contribution in [0.1, 0.15) is 26.2 Å². The highest BCUT2D eigenvalue weighted by Gasteiger charge is 2.29. The number of H-pyrrole nitrogens is 1. The minimum absolute atomic E-state index is 0.0731. The van der Waals surface area contributed by atoms with E-state index >= 15 is 0 Å². The summed E-state index contributed by atoms with van der Waals surface area (Å²) in [6.45, 7) is 3.07. The summed E-state index contributed by atoms with van der Waals surface area (Å²) in [5, 5.41) is 3.18. The van der Waals surface area contributed by atoms with Crippen molar-refractivity contribution >= 4 is 22.6 Å². The SMILES string of the molecule is CCOC(=O)C1CCCN(C(=O)CCn2[nH]c(=O)c3ccccc3c2=O)C1. The first kappa shape index (κ1) is 18.9. The van der Waals surface area contributed by atoms with E-state index in [1.54, 1.807) is 36.1 Å². The number of esters is 1. The van der Waals surface area contributed by atoms with Crippen molar-refractivity contribution < 1.29 is 14.3 Å². The summed E-state index contributed by atoms with van der Waals surface area (Å²) in [6, 6.07) is 6.58. The van der Waals surface area contributed by atoms with Gasteiger partial charge in [-0.3, -0.25) is 24.3 Å². The number of piperidine rings is 1. The van der Waals surface area contributed by atoms with E-state index in [9.17, 15) is 19.2 Å². The van der Waals surface area contributed by atoms with Crippen molar-refractivity contribution in [1.29, 1.82) is 0 Å². The van der Waals surface area contributed by atoms with Crippen LogP contribution in [-0.4, -0.2) is 46.3 Å². The van der Waals surface area contributed by atoms with Crippen LogP contribution < -0.4 is 11.1 Å². The topological polar surface area (TPSA) is 101 Å². The number of aromatic amines is 1. The summed E-state index contributed by atoms with van der Waals surface area (Å²) in [6.07, 6.45) is 1.52. The number of rotatable bonds is 5. The Morgan fingerprint density at radius 1 is 1.22 bits per heavy atom. The van der Waals surface area contributed by atoms with Gasteiger partial charge in [-0.25, -0.2) is 4.68 Å². The van der Waals surface area contributed by atoms with E-state index in [4.69, 9.17) is 4.74 Å². The molecule has 1 fully saturated rings. The van der Waals surface area contributed by atoms with E-state index < -0.39 is 0 Å². The van der Waals surface area contributed by atoms with E-state index in [1.807, 2.05) is 0 Å². The Balaban J connectivity index is 1.68.